The maximum atomic E-state index is 13.1. The minimum Gasteiger partial charge on any atom is -0.306 e. The van der Waals surface area contributed by atoms with Crippen molar-refractivity contribution in [3.63, 3.8) is 0 Å². The molecule has 0 aliphatic carbocycles. The Morgan fingerprint density at radius 1 is 1.03 bits per heavy atom. The minimum absolute atomic E-state index is 0.196. The van der Waals surface area contributed by atoms with Crippen LogP contribution < -0.4 is 5.32 Å². The number of rotatable bonds is 6. The summed E-state index contributed by atoms with van der Waals surface area (Å²) in [6, 6.07) is 19.2. The summed E-state index contributed by atoms with van der Waals surface area (Å²) in [5.41, 5.74) is 2.93. The smallest absolute Gasteiger partial charge is 0.257 e. The third-order valence-corrected chi connectivity index (χ3v) is 6.01. The highest BCUT2D eigenvalue weighted by molar-refractivity contribution is 7.99. The van der Waals surface area contributed by atoms with Crippen molar-refractivity contribution in [3.8, 4) is 11.5 Å². The predicted octanol–water partition coefficient (Wildman–Crippen LogP) is 4.67. The fourth-order valence-corrected chi connectivity index (χ4v) is 4.43. The van der Waals surface area contributed by atoms with E-state index in [0.717, 1.165) is 27.4 Å². The van der Waals surface area contributed by atoms with Crippen LogP contribution in [0.4, 0.5) is 5.82 Å². The molecule has 33 heavy (non-hydrogen) atoms. The lowest BCUT2D eigenvalue weighted by atomic mass is 10.2. The van der Waals surface area contributed by atoms with Crippen LogP contribution in [0.5, 0.6) is 0 Å². The molecular formula is C24H21N7OS. The van der Waals surface area contributed by atoms with E-state index in [-0.39, 0.29) is 5.91 Å². The number of nitrogens with one attached hydrogen (secondary N) is 1. The average Bonchev–Trinajstić information content (AvgIpc) is 3.43. The van der Waals surface area contributed by atoms with Gasteiger partial charge in [0.25, 0.3) is 5.91 Å². The maximum Gasteiger partial charge on any atom is 0.257 e. The van der Waals surface area contributed by atoms with E-state index in [2.05, 4.69) is 32.4 Å². The highest BCUT2D eigenvalue weighted by Gasteiger charge is 2.19. The van der Waals surface area contributed by atoms with Gasteiger partial charge >= 0.3 is 0 Å². The predicted molar refractivity (Wildman–Crippen MR) is 129 cm³/mol. The van der Waals surface area contributed by atoms with Crippen LogP contribution in [0.15, 0.2) is 78.1 Å². The Balaban J connectivity index is 1.55. The monoisotopic (exact) mass is 455 g/mol. The molecule has 0 fully saturated rings. The molecule has 3 aromatic heterocycles. The van der Waals surface area contributed by atoms with Gasteiger partial charge in [0.05, 0.1) is 28.5 Å². The van der Waals surface area contributed by atoms with Crippen LogP contribution >= 0.6 is 11.8 Å². The maximum absolute atomic E-state index is 13.1. The number of anilines is 1. The van der Waals surface area contributed by atoms with Crippen molar-refractivity contribution in [3.05, 3.63) is 84.4 Å². The van der Waals surface area contributed by atoms with E-state index >= 15 is 0 Å². The quantitative estimate of drug-likeness (QED) is 0.374. The van der Waals surface area contributed by atoms with E-state index in [1.165, 1.54) is 6.33 Å². The van der Waals surface area contributed by atoms with Gasteiger partial charge < -0.3 is 5.32 Å². The second-order valence-corrected chi connectivity index (χ2v) is 8.60. The number of nitrogens with zero attached hydrogens (tertiary/aromatic N) is 6. The van der Waals surface area contributed by atoms with Crippen molar-refractivity contribution in [2.45, 2.75) is 18.7 Å². The van der Waals surface area contributed by atoms with E-state index in [0.29, 0.717) is 22.8 Å². The Labute approximate surface area is 194 Å². The summed E-state index contributed by atoms with van der Waals surface area (Å²) >= 11 is 1.63. The second kappa shape index (κ2) is 8.87. The number of carbonyl (C=O) groups is 1. The number of carbonyl (C=O) groups excluding carboxylic acids is 1. The lowest BCUT2D eigenvalue weighted by Crippen LogP contribution is -2.16. The third kappa shape index (κ3) is 3.98. The van der Waals surface area contributed by atoms with Crippen LogP contribution in [0.1, 0.15) is 23.0 Å². The van der Waals surface area contributed by atoms with Crippen LogP contribution in [0, 0.1) is 6.92 Å². The van der Waals surface area contributed by atoms with Crippen molar-refractivity contribution in [2.75, 3.05) is 11.1 Å². The van der Waals surface area contributed by atoms with Crippen molar-refractivity contribution in [2.24, 2.45) is 0 Å². The number of amides is 1. The number of hydrogen-bond donors (Lipinski definition) is 1. The molecule has 1 amide bonds. The van der Waals surface area contributed by atoms with Gasteiger partial charge in [-0.05, 0) is 36.9 Å². The molecule has 5 rings (SSSR count). The largest absolute Gasteiger partial charge is 0.306 e. The highest BCUT2D eigenvalue weighted by atomic mass is 32.2. The topological polar surface area (TPSA) is 90.5 Å². The fraction of sp³-hybridized carbons (Fsp3) is 0.125. The molecule has 9 heteroatoms. The van der Waals surface area contributed by atoms with Gasteiger partial charge in [-0.2, -0.15) is 14.9 Å². The average molecular weight is 456 g/mol. The summed E-state index contributed by atoms with van der Waals surface area (Å²) in [6.45, 7) is 3.94. The Hall–Kier alpha value is -3.98. The van der Waals surface area contributed by atoms with E-state index in [1.807, 2.05) is 67.6 Å². The van der Waals surface area contributed by atoms with Gasteiger partial charge in [0.15, 0.2) is 11.5 Å². The molecule has 0 saturated heterocycles. The molecule has 0 unspecified atom stereocenters. The minimum atomic E-state index is -0.196. The van der Waals surface area contributed by atoms with Crippen molar-refractivity contribution < 1.29 is 4.79 Å². The first kappa shape index (κ1) is 20.9. The van der Waals surface area contributed by atoms with Gasteiger partial charge in [0.1, 0.15) is 12.1 Å². The Kier molecular flexibility index (Phi) is 5.62. The number of para-hydroxylation sites is 1. The summed E-state index contributed by atoms with van der Waals surface area (Å²) in [7, 11) is 0. The van der Waals surface area contributed by atoms with Gasteiger partial charge in [0, 0.05) is 11.0 Å². The van der Waals surface area contributed by atoms with Crippen LogP contribution in [0.2, 0.25) is 0 Å². The zero-order valence-corrected chi connectivity index (χ0v) is 19.0. The molecule has 0 atom stereocenters. The molecular weight excluding hydrogens is 434 g/mol. The first-order chi connectivity index (χ1) is 16.2. The van der Waals surface area contributed by atoms with Crippen LogP contribution in [-0.4, -0.2) is 41.2 Å². The van der Waals surface area contributed by atoms with Crippen molar-refractivity contribution in [1.82, 2.24) is 29.5 Å². The first-order valence-electron chi connectivity index (χ1n) is 10.5. The van der Waals surface area contributed by atoms with E-state index in [1.54, 1.807) is 27.3 Å². The summed E-state index contributed by atoms with van der Waals surface area (Å²) in [5.74, 6) is 1.76. The molecule has 0 spiro atoms. The molecule has 0 aliphatic heterocycles. The number of benzene rings is 2. The lowest BCUT2D eigenvalue weighted by molar-refractivity contribution is 0.102. The lowest BCUT2D eigenvalue weighted by Gasteiger charge is -2.11. The molecule has 164 valence electrons. The van der Waals surface area contributed by atoms with E-state index < -0.39 is 0 Å². The molecule has 5 aromatic rings. The number of hydrogen-bond acceptors (Lipinski definition) is 6. The third-order valence-electron chi connectivity index (χ3n) is 5.05. The van der Waals surface area contributed by atoms with Gasteiger partial charge in [-0.25, -0.2) is 14.6 Å². The number of aromatic nitrogens is 6. The molecule has 8 nitrogen and oxygen atoms in total. The number of thioether (sulfide) groups is 1. The zero-order valence-electron chi connectivity index (χ0n) is 18.1. The molecule has 3 heterocycles. The highest BCUT2D eigenvalue weighted by Crippen LogP contribution is 2.26. The first-order valence-corrected chi connectivity index (χ1v) is 11.5. The number of fused-ring (bicyclic) bond motifs is 1. The van der Waals surface area contributed by atoms with Gasteiger partial charge in [-0.3, -0.25) is 4.79 Å². The van der Waals surface area contributed by atoms with Crippen molar-refractivity contribution >= 4 is 34.5 Å². The van der Waals surface area contributed by atoms with Crippen LogP contribution in [0.3, 0.4) is 0 Å². The Morgan fingerprint density at radius 2 is 1.82 bits per heavy atom. The Morgan fingerprint density at radius 3 is 2.64 bits per heavy atom. The summed E-state index contributed by atoms with van der Waals surface area (Å²) in [4.78, 5) is 23.0. The molecule has 1 N–H and O–H groups in total. The SMILES string of the molecule is CCSc1ccccc1C(=O)Nc1cc(C)nn1-c1ncnc2c1cnn2-c1ccccc1. The van der Waals surface area contributed by atoms with Crippen molar-refractivity contribution in [1.29, 1.82) is 0 Å². The fourth-order valence-electron chi connectivity index (χ4n) is 3.63. The molecule has 0 bridgehead atoms. The zero-order chi connectivity index (χ0) is 22.8. The van der Waals surface area contributed by atoms with Gasteiger partial charge in [0.2, 0.25) is 0 Å². The van der Waals surface area contributed by atoms with Gasteiger partial charge in [-0.15, -0.1) is 11.8 Å². The molecule has 0 radical (unpaired) electrons. The second-order valence-electron chi connectivity index (χ2n) is 7.29. The summed E-state index contributed by atoms with van der Waals surface area (Å²) < 4.78 is 3.39. The molecule has 0 saturated carbocycles. The Bertz CT molecular complexity index is 1440. The summed E-state index contributed by atoms with van der Waals surface area (Å²) in [5, 5.41) is 12.8. The van der Waals surface area contributed by atoms with Gasteiger partial charge in [-0.1, -0.05) is 37.3 Å². The standard InChI is InChI=1S/C24H21N7OS/c1-3-33-20-12-8-7-11-18(20)24(32)28-21-13-16(2)29-31(21)23-19-14-27-30(22(19)25-15-26-23)17-9-5-4-6-10-17/h4-15H,3H2,1-2H3,(H,28,32). The normalized spacial score (nSPS) is 11.1. The van der Waals surface area contributed by atoms with E-state index in [9.17, 15) is 4.79 Å². The van der Waals surface area contributed by atoms with E-state index in [4.69, 9.17) is 0 Å². The summed E-state index contributed by atoms with van der Waals surface area (Å²) in [6.07, 6.45) is 3.20. The van der Waals surface area contributed by atoms with Crippen LogP contribution in [-0.2, 0) is 0 Å². The van der Waals surface area contributed by atoms with Crippen LogP contribution in [0.25, 0.3) is 22.5 Å². The number of aryl methyl sites for hydroxylation is 1. The molecule has 2 aromatic carbocycles. The molecule has 0 aliphatic rings.